The van der Waals surface area contributed by atoms with Crippen LogP contribution in [-0.2, 0) is 21.3 Å². The van der Waals surface area contributed by atoms with Gasteiger partial charge in [0, 0.05) is 11.1 Å². The summed E-state index contributed by atoms with van der Waals surface area (Å²) < 4.78 is 49.9. The number of benzene rings is 3. The Morgan fingerprint density at radius 2 is 1.74 bits per heavy atom. The van der Waals surface area contributed by atoms with E-state index in [0.717, 1.165) is 5.56 Å². The van der Waals surface area contributed by atoms with Crippen molar-refractivity contribution in [3.8, 4) is 6.07 Å². The number of anilines is 1. The van der Waals surface area contributed by atoms with Gasteiger partial charge in [-0.05, 0) is 36.2 Å². The van der Waals surface area contributed by atoms with Crippen molar-refractivity contribution in [1.29, 1.82) is 5.26 Å². The number of sulfonamides is 1. The molecule has 3 aromatic carbocycles. The normalized spacial score (nSPS) is 18.6. The molecule has 8 heteroatoms. The molecule has 2 N–H and O–H groups in total. The van der Waals surface area contributed by atoms with Crippen LogP contribution in [0.4, 0.5) is 10.1 Å². The van der Waals surface area contributed by atoms with Gasteiger partial charge in [0.2, 0.25) is 5.88 Å². The lowest BCUT2D eigenvalue weighted by molar-refractivity contribution is 0.357. The predicted molar refractivity (Wildman–Crippen MR) is 127 cm³/mol. The summed E-state index contributed by atoms with van der Waals surface area (Å²) in [4.78, 5) is -0.0809. The van der Waals surface area contributed by atoms with E-state index in [4.69, 9.17) is 10.5 Å². The fourth-order valence-electron chi connectivity index (χ4n) is 4.48. The molecule has 0 spiro atoms. The van der Waals surface area contributed by atoms with Crippen molar-refractivity contribution in [2.75, 3.05) is 4.31 Å². The van der Waals surface area contributed by atoms with E-state index >= 15 is 0 Å². The van der Waals surface area contributed by atoms with Crippen molar-refractivity contribution in [3.63, 3.8) is 0 Å². The van der Waals surface area contributed by atoms with E-state index in [-0.39, 0.29) is 34.2 Å². The number of hydrogen-bond acceptors (Lipinski definition) is 5. The third-order valence-electron chi connectivity index (χ3n) is 6.13. The fourth-order valence-corrected chi connectivity index (χ4v) is 6.38. The van der Waals surface area contributed by atoms with Gasteiger partial charge in [-0.25, -0.2) is 12.8 Å². The maximum absolute atomic E-state index is 14.5. The Labute approximate surface area is 197 Å². The Bertz CT molecular complexity index is 1540. The molecule has 0 saturated heterocycles. The molecule has 0 fully saturated rings. The molecule has 170 valence electrons. The van der Waals surface area contributed by atoms with Gasteiger partial charge in [0.15, 0.2) is 5.76 Å². The zero-order valence-corrected chi connectivity index (χ0v) is 19.0. The van der Waals surface area contributed by atoms with Crippen molar-refractivity contribution in [1.82, 2.24) is 0 Å². The number of ether oxygens (including phenoxy) is 1. The van der Waals surface area contributed by atoms with E-state index < -0.39 is 21.8 Å². The highest BCUT2D eigenvalue weighted by atomic mass is 32.2. The summed E-state index contributed by atoms with van der Waals surface area (Å²) in [7, 11) is -4.25. The van der Waals surface area contributed by atoms with Crippen LogP contribution >= 0.6 is 0 Å². The molecule has 2 aliphatic rings. The zero-order valence-electron chi connectivity index (χ0n) is 18.2. The maximum atomic E-state index is 14.5. The van der Waals surface area contributed by atoms with Crippen LogP contribution in [0, 0.1) is 24.1 Å². The Morgan fingerprint density at radius 3 is 2.47 bits per heavy atom. The second-order valence-electron chi connectivity index (χ2n) is 8.10. The molecule has 0 radical (unpaired) electrons. The quantitative estimate of drug-likeness (QED) is 0.597. The zero-order chi connectivity index (χ0) is 24.0. The third-order valence-corrected chi connectivity index (χ3v) is 8.01. The van der Waals surface area contributed by atoms with E-state index in [1.54, 1.807) is 54.6 Å². The summed E-state index contributed by atoms with van der Waals surface area (Å²) in [5.41, 5.74) is 8.67. The molecule has 0 bridgehead atoms. The summed E-state index contributed by atoms with van der Waals surface area (Å²) in [6.45, 7) is 1.63. The van der Waals surface area contributed by atoms with Gasteiger partial charge in [-0.2, -0.15) is 5.26 Å². The smallest absolute Gasteiger partial charge is 0.265 e. The lowest BCUT2D eigenvalue weighted by Crippen LogP contribution is -2.39. The predicted octanol–water partition coefficient (Wildman–Crippen LogP) is 4.66. The minimum Gasteiger partial charge on any atom is -0.439 e. The largest absolute Gasteiger partial charge is 0.439 e. The minimum absolute atomic E-state index is 0.0156. The molecule has 2 heterocycles. The van der Waals surface area contributed by atoms with Gasteiger partial charge in [0.25, 0.3) is 10.0 Å². The molecule has 2 aliphatic heterocycles. The van der Waals surface area contributed by atoms with Crippen LogP contribution in [0.1, 0.15) is 28.2 Å². The van der Waals surface area contributed by atoms with E-state index in [2.05, 4.69) is 6.07 Å². The van der Waals surface area contributed by atoms with Gasteiger partial charge < -0.3 is 10.5 Å². The molecule has 0 aliphatic carbocycles. The van der Waals surface area contributed by atoms with Crippen LogP contribution in [0.15, 0.2) is 89.2 Å². The van der Waals surface area contributed by atoms with Crippen molar-refractivity contribution < 1.29 is 17.5 Å². The lowest BCUT2D eigenvalue weighted by atomic mass is 9.86. The van der Waals surface area contributed by atoms with E-state index in [1.165, 1.54) is 10.4 Å². The highest BCUT2D eigenvalue weighted by Gasteiger charge is 2.47. The molecule has 0 aromatic heterocycles. The molecule has 1 atom stereocenters. The molecular formula is C26H20FN3O3S. The number of nitriles is 1. The fraction of sp³-hybridized carbons (Fsp3) is 0.115. The van der Waals surface area contributed by atoms with Gasteiger partial charge in [-0.15, -0.1) is 0 Å². The summed E-state index contributed by atoms with van der Waals surface area (Å²) in [5.74, 6) is -1.52. The van der Waals surface area contributed by atoms with Crippen molar-refractivity contribution in [2.45, 2.75) is 19.4 Å². The molecule has 34 heavy (non-hydrogen) atoms. The minimum atomic E-state index is -4.25. The number of aryl methyl sites for hydroxylation is 1. The van der Waals surface area contributed by atoms with Crippen LogP contribution in [0.5, 0.6) is 0 Å². The highest BCUT2D eigenvalue weighted by molar-refractivity contribution is 7.96. The average Bonchev–Trinajstić information content (AvgIpc) is 2.82. The topological polar surface area (TPSA) is 96.4 Å². The first-order valence-corrected chi connectivity index (χ1v) is 12.0. The Morgan fingerprint density at radius 1 is 1.06 bits per heavy atom. The van der Waals surface area contributed by atoms with Gasteiger partial charge in [-0.3, -0.25) is 4.31 Å². The molecule has 5 rings (SSSR count). The number of para-hydroxylation sites is 1. The summed E-state index contributed by atoms with van der Waals surface area (Å²) in [6.07, 6.45) is 0. The average molecular weight is 474 g/mol. The Balaban J connectivity index is 1.79. The van der Waals surface area contributed by atoms with Crippen molar-refractivity contribution in [3.05, 3.63) is 117 Å². The van der Waals surface area contributed by atoms with Gasteiger partial charge in [0.05, 0.1) is 18.2 Å². The van der Waals surface area contributed by atoms with Gasteiger partial charge in [0.1, 0.15) is 22.4 Å². The first-order chi connectivity index (χ1) is 16.3. The first-order valence-electron chi connectivity index (χ1n) is 10.6. The Hall–Kier alpha value is -4.09. The number of nitrogens with two attached hydrogens (primary N) is 1. The third kappa shape index (κ3) is 3.25. The van der Waals surface area contributed by atoms with Gasteiger partial charge in [-0.1, -0.05) is 54.6 Å². The Kier molecular flexibility index (Phi) is 5.14. The van der Waals surface area contributed by atoms with E-state index in [1.807, 2.05) is 19.1 Å². The number of hydrogen-bond donors (Lipinski definition) is 1. The molecular weight excluding hydrogens is 453 g/mol. The van der Waals surface area contributed by atoms with Crippen LogP contribution < -0.4 is 10.0 Å². The van der Waals surface area contributed by atoms with Gasteiger partial charge >= 0.3 is 0 Å². The SMILES string of the molecule is Cc1ccccc1[C@H]1C(C#N)=C(N)OC2=C1S(=O)(=O)N(Cc1ccccc1F)c1ccccc12. The monoisotopic (exact) mass is 473 g/mol. The molecule has 3 aromatic rings. The number of nitrogens with zero attached hydrogens (tertiary/aromatic N) is 2. The maximum Gasteiger partial charge on any atom is 0.265 e. The van der Waals surface area contributed by atoms with E-state index in [0.29, 0.717) is 16.8 Å². The highest BCUT2D eigenvalue weighted by Crippen LogP contribution is 2.51. The molecule has 6 nitrogen and oxygen atoms in total. The molecule has 0 amide bonds. The number of rotatable bonds is 3. The van der Waals surface area contributed by atoms with Crippen LogP contribution in [0.25, 0.3) is 5.76 Å². The number of allylic oxidation sites excluding steroid dienone is 2. The number of fused-ring (bicyclic) bond motifs is 2. The molecule has 0 unspecified atom stereocenters. The summed E-state index contributed by atoms with van der Waals surface area (Å²) >= 11 is 0. The lowest BCUT2D eigenvalue weighted by Gasteiger charge is -2.38. The second-order valence-corrected chi connectivity index (χ2v) is 9.93. The van der Waals surface area contributed by atoms with Crippen LogP contribution in [-0.4, -0.2) is 8.42 Å². The summed E-state index contributed by atoms with van der Waals surface area (Å²) in [5, 5.41) is 9.93. The summed E-state index contributed by atoms with van der Waals surface area (Å²) in [6, 6.07) is 22.2. The second kappa shape index (κ2) is 8.04. The van der Waals surface area contributed by atoms with Crippen molar-refractivity contribution in [2.24, 2.45) is 5.73 Å². The number of halogens is 1. The first kappa shape index (κ1) is 21.7. The standard InChI is InChI=1S/C26H20FN3O3S/c1-16-8-2-4-10-18(16)23-20(14-28)26(29)33-24-19-11-5-7-13-22(19)30(34(31,32)25(23)24)15-17-9-3-6-12-21(17)27/h2-13,23H,15,29H2,1H3/t23-/m0/s1. The van der Waals surface area contributed by atoms with Crippen LogP contribution in [0.2, 0.25) is 0 Å². The van der Waals surface area contributed by atoms with Crippen molar-refractivity contribution >= 4 is 21.5 Å². The van der Waals surface area contributed by atoms with Crippen LogP contribution in [0.3, 0.4) is 0 Å². The molecule has 0 saturated carbocycles. The van der Waals surface area contributed by atoms with E-state index in [9.17, 15) is 18.1 Å².